The Bertz CT molecular complexity index is 227. The molecule has 0 fully saturated rings. The normalized spacial score (nSPS) is 13.8. The first-order chi connectivity index (χ1) is 7.78. The first-order valence-electron chi connectivity index (χ1n) is 6.53. The molecule has 4 heteroatoms. The van der Waals surface area contributed by atoms with E-state index < -0.39 is 0 Å². The number of amides is 1. The Morgan fingerprint density at radius 2 is 1.88 bits per heavy atom. The van der Waals surface area contributed by atoms with E-state index in [0.717, 1.165) is 37.1 Å². The van der Waals surface area contributed by atoms with Crippen LogP contribution in [0.2, 0.25) is 0 Å². The summed E-state index contributed by atoms with van der Waals surface area (Å²) in [6, 6.07) is 0. The van der Waals surface area contributed by atoms with Crippen molar-refractivity contribution in [3.63, 3.8) is 0 Å². The van der Waals surface area contributed by atoms with Gasteiger partial charge in [-0.25, -0.2) is 0 Å². The second-order valence-electron chi connectivity index (χ2n) is 5.79. The number of rotatable bonds is 8. The van der Waals surface area contributed by atoms with E-state index in [0.29, 0.717) is 0 Å². The van der Waals surface area contributed by atoms with Crippen molar-refractivity contribution in [1.82, 2.24) is 10.2 Å². The third-order valence-corrected chi connectivity index (χ3v) is 3.23. The van der Waals surface area contributed by atoms with Crippen molar-refractivity contribution in [1.29, 1.82) is 0 Å². The van der Waals surface area contributed by atoms with Gasteiger partial charge in [-0.1, -0.05) is 13.8 Å². The number of nitrogens with zero attached hydrogens (tertiary/aromatic N) is 2. The Balaban J connectivity index is 3.82. The first kappa shape index (κ1) is 16.4. The fourth-order valence-electron chi connectivity index (χ4n) is 1.42. The largest absolute Gasteiger partial charge is 0.350 e. The minimum atomic E-state index is 0.132. The van der Waals surface area contributed by atoms with Crippen molar-refractivity contribution in [3.05, 3.63) is 0 Å². The number of likely N-dealkylation sites (N-methyl/N-ethyl adjacent to an activating group) is 2. The Kier molecular flexibility index (Phi) is 7.39. The number of nitrogens with one attached hydrogen (secondary N) is 1. The molecule has 0 spiro atoms. The Labute approximate surface area is 107 Å². The quantitative estimate of drug-likeness (QED) is 0.640. The number of quaternary nitrogens is 1. The number of carbonyl (C=O) groups is 1. The summed E-state index contributed by atoms with van der Waals surface area (Å²) in [5.41, 5.74) is 0. The van der Waals surface area contributed by atoms with Gasteiger partial charge in [0.05, 0.1) is 33.7 Å². The number of hydrogen-bond acceptors (Lipinski definition) is 2. The van der Waals surface area contributed by atoms with Crippen LogP contribution >= 0.6 is 0 Å². The zero-order valence-electron chi connectivity index (χ0n) is 12.4. The molecule has 4 nitrogen and oxygen atoms in total. The molecule has 0 aliphatic carbocycles. The van der Waals surface area contributed by atoms with E-state index in [1.165, 1.54) is 0 Å². The summed E-state index contributed by atoms with van der Waals surface area (Å²) in [5, 5.41) is 3.01. The molecule has 0 aliphatic heterocycles. The first-order valence-corrected chi connectivity index (χ1v) is 6.53. The van der Waals surface area contributed by atoms with Crippen LogP contribution in [0.5, 0.6) is 0 Å². The maximum Gasteiger partial charge on any atom is 0.223 e. The van der Waals surface area contributed by atoms with Gasteiger partial charge in [0.2, 0.25) is 5.91 Å². The Hall–Kier alpha value is -0.610. The second kappa shape index (κ2) is 7.67. The van der Waals surface area contributed by atoms with Crippen LogP contribution in [0.25, 0.3) is 0 Å². The van der Waals surface area contributed by atoms with Gasteiger partial charge in [-0.3, -0.25) is 4.79 Å². The maximum atomic E-state index is 11.6. The molecule has 0 radical (unpaired) electrons. The van der Waals surface area contributed by atoms with Gasteiger partial charge in [0, 0.05) is 12.5 Å². The third-order valence-electron chi connectivity index (χ3n) is 3.23. The van der Waals surface area contributed by atoms with Gasteiger partial charge in [0.25, 0.3) is 0 Å². The summed E-state index contributed by atoms with van der Waals surface area (Å²) in [7, 11) is 8.59. The summed E-state index contributed by atoms with van der Waals surface area (Å²) >= 11 is 0. The molecule has 0 rings (SSSR count). The highest BCUT2D eigenvalue weighted by Crippen LogP contribution is 2.00. The second-order valence-corrected chi connectivity index (χ2v) is 5.79. The molecule has 0 aliphatic rings. The lowest BCUT2D eigenvalue weighted by atomic mass is 10.1. The predicted octanol–water partition coefficient (Wildman–Crippen LogP) is 0.787. The Morgan fingerprint density at radius 1 is 1.29 bits per heavy atom. The average Bonchev–Trinajstić information content (AvgIpc) is 2.25. The monoisotopic (exact) mass is 244 g/mol. The molecule has 0 aromatic carbocycles. The zero-order valence-corrected chi connectivity index (χ0v) is 12.4. The molecule has 0 aromatic rings. The molecule has 1 amide bonds. The minimum absolute atomic E-state index is 0.132. The van der Waals surface area contributed by atoms with E-state index in [9.17, 15) is 4.79 Å². The van der Waals surface area contributed by atoms with Gasteiger partial charge in [-0.2, -0.15) is 0 Å². The number of hydrogen-bond donors (Lipinski definition) is 1. The molecule has 1 atom stereocenters. The summed E-state index contributed by atoms with van der Waals surface area (Å²) in [6.07, 6.45) is 0.907. The van der Waals surface area contributed by atoms with E-state index >= 15 is 0 Å². The van der Waals surface area contributed by atoms with E-state index in [-0.39, 0.29) is 11.8 Å². The summed E-state index contributed by atoms with van der Waals surface area (Å²) in [4.78, 5) is 13.8. The molecule has 1 unspecified atom stereocenters. The van der Waals surface area contributed by atoms with Crippen molar-refractivity contribution in [2.45, 2.75) is 20.3 Å². The summed E-state index contributed by atoms with van der Waals surface area (Å²) in [6.45, 7) is 7.95. The van der Waals surface area contributed by atoms with Crippen molar-refractivity contribution in [3.8, 4) is 0 Å². The topological polar surface area (TPSA) is 32.3 Å². The van der Waals surface area contributed by atoms with Crippen molar-refractivity contribution < 1.29 is 9.28 Å². The highest BCUT2D eigenvalue weighted by Gasteiger charge is 2.16. The van der Waals surface area contributed by atoms with Crippen LogP contribution in [0.3, 0.4) is 0 Å². The fourth-order valence-corrected chi connectivity index (χ4v) is 1.42. The average molecular weight is 244 g/mol. The molecule has 0 bridgehead atoms. The fraction of sp³-hybridized carbons (Fsp3) is 0.923. The molecule has 0 saturated heterocycles. The van der Waals surface area contributed by atoms with Crippen LogP contribution in [0.4, 0.5) is 0 Å². The van der Waals surface area contributed by atoms with Crippen LogP contribution in [0, 0.1) is 5.92 Å². The van der Waals surface area contributed by atoms with E-state index in [2.05, 4.69) is 38.4 Å². The van der Waals surface area contributed by atoms with Crippen molar-refractivity contribution >= 4 is 5.91 Å². The molecule has 102 valence electrons. The molecule has 0 heterocycles. The van der Waals surface area contributed by atoms with Crippen LogP contribution in [0.15, 0.2) is 0 Å². The summed E-state index contributed by atoms with van der Waals surface area (Å²) in [5.74, 6) is 0.312. The van der Waals surface area contributed by atoms with Gasteiger partial charge in [-0.05, 0) is 20.5 Å². The molecule has 0 saturated carbocycles. The lowest BCUT2D eigenvalue weighted by Crippen LogP contribution is -2.48. The summed E-state index contributed by atoms with van der Waals surface area (Å²) < 4.78 is 0.943. The van der Waals surface area contributed by atoms with E-state index in [4.69, 9.17) is 0 Å². The maximum absolute atomic E-state index is 11.6. The molecule has 17 heavy (non-hydrogen) atoms. The van der Waals surface area contributed by atoms with Gasteiger partial charge in [0.1, 0.15) is 0 Å². The van der Waals surface area contributed by atoms with Crippen LogP contribution in [-0.4, -0.2) is 69.7 Å². The SMILES string of the molecule is CCC(C)C(=O)NCC[N+](C)(C)CCN(C)C. The van der Waals surface area contributed by atoms with E-state index in [1.54, 1.807) is 0 Å². The van der Waals surface area contributed by atoms with Crippen LogP contribution in [0.1, 0.15) is 20.3 Å². The van der Waals surface area contributed by atoms with E-state index in [1.807, 2.05) is 13.8 Å². The molecule has 1 N–H and O–H groups in total. The highest BCUT2D eigenvalue weighted by molar-refractivity contribution is 5.78. The van der Waals surface area contributed by atoms with Gasteiger partial charge >= 0.3 is 0 Å². The van der Waals surface area contributed by atoms with Crippen LogP contribution < -0.4 is 5.32 Å². The van der Waals surface area contributed by atoms with Gasteiger partial charge in [0.15, 0.2) is 0 Å². The lowest BCUT2D eigenvalue weighted by molar-refractivity contribution is -0.888. The highest BCUT2D eigenvalue weighted by atomic mass is 16.1. The molecular weight excluding hydrogens is 214 g/mol. The zero-order chi connectivity index (χ0) is 13.5. The smallest absolute Gasteiger partial charge is 0.223 e. The molecule has 0 aromatic heterocycles. The third kappa shape index (κ3) is 8.16. The molecular formula is C13H30N3O+. The number of carbonyl (C=O) groups excluding carboxylic acids is 1. The van der Waals surface area contributed by atoms with Gasteiger partial charge < -0.3 is 14.7 Å². The standard InChI is InChI=1S/C13H29N3O/c1-7-12(2)13(17)14-8-10-16(5,6)11-9-15(3)4/h12H,7-11H2,1-6H3/p+1. The predicted molar refractivity (Wildman–Crippen MR) is 72.9 cm³/mol. The lowest BCUT2D eigenvalue weighted by Gasteiger charge is -2.31. The van der Waals surface area contributed by atoms with Crippen molar-refractivity contribution in [2.75, 3.05) is 54.4 Å². The minimum Gasteiger partial charge on any atom is -0.350 e. The van der Waals surface area contributed by atoms with Gasteiger partial charge in [-0.15, -0.1) is 0 Å². The Morgan fingerprint density at radius 3 is 2.35 bits per heavy atom. The van der Waals surface area contributed by atoms with Crippen molar-refractivity contribution in [2.24, 2.45) is 5.92 Å². The van der Waals surface area contributed by atoms with Crippen LogP contribution in [-0.2, 0) is 4.79 Å².